The molecule has 2 aromatic rings. The molecule has 0 fully saturated rings. The molecule has 1 heterocycles. The molecule has 2 rings (SSSR count). The standard InChI is InChI=1S/C12H12N2O3/c1-7-2-3-8-5-10(14-9(8)4-7)12(17)13-6-11(15)16/h2-5,14H,6H2,1H3,(H,13,17)(H,15,16). The molecular weight excluding hydrogens is 220 g/mol. The van der Waals surface area contributed by atoms with Gasteiger partial charge in [0.15, 0.2) is 0 Å². The number of carbonyl (C=O) groups is 2. The first kappa shape index (κ1) is 11.2. The van der Waals surface area contributed by atoms with E-state index in [1.165, 1.54) is 0 Å². The van der Waals surface area contributed by atoms with Crippen LogP contribution in [0.5, 0.6) is 0 Å². The van der Waals surface area contributed by atoms with Crippen LogP contribution >= 0.6 is 0 Å². The van der Waals surface area contributed by atoms with E-state index in [0.717, 1.165) is 16.5 Å². The van der Waals surface area contributed by atoms with Crippen molar-refractivity contribution in [1.82, 2.24) is 10.3 Å². The summed E-state index contributed by atoms with van der Waals surface area (Å²) in [5.74, 6) is -1.48. The lowest BCUT2D eigenvalue weighted by Crippen LogP contribution is -2.29. The van der Waals surface area contributed by atoms with Crippen LogP contribution < -0.4 is 5.32 Å². The Kier molecular flexibility index (Phi) is 2.82. The van der Waals surface area contributed by atoms with Crippen LogP contribution in [0.2, 0.25) is 0 Å². The molecule has 0 bridgehead atoms. The summed E-state index contributed by atoms with van der Waals surface area (Å²) in [5, 5.41) is 11.7. The Morgan fingerprint density at radius 2 is 2.12 bits per heavy atom. The predicted octanol–water partition coefficient (Wildman–Crippen LogP) is 1.29. The molecule has 0 unspecified atom stereocenters. The molecule has 0 aliphatic carbocycles. The molecule has 5 nitrogen and oxygen atoms in total. The molecule has 0 radical (unpaired) electrons. The molecule has 1 aromatic carbocycles. The molecule has 0 atom stereocenters. The monoisotopic (exact) mass is 232 g/mol. The number of aliphatic carboxylic acids is 1. The van der Waals surface area contributed by atoms with E-state index in [4.69, 9.17) is 5.11 Å². The van der Waals surface area contributed by atoms with Gasteiger partial charge in [-0.15, -0.1) is 0 Å². The van der Waals surface area contributed by atoms with Gasteiger partial charge in [0.1, 0.15) is 12.2 Å². The van der Waals surface area contributed by atoms with Crippen molar-refractivity contribution in [2.24, 2.45) is 0 Å². The normalized spacial score (nSPS) is 10.4. The number of carbonyl (C=O) groups excluding carboxylic acids is 1. The Morgan fingerprint density at radius 3 is 2.82 bits per heavy atom. The highest BCUT2D eigenvalue weighted by Crippen LogP contribution is 2.16. The minimum Gasteiger partial charge on any atom is -0.480 e. The van der Waals surface area contributed by atoms with Gasteiger partial charge in [-0.3, -0.25) is 9.59 Å². The minimum absolute atomic E-state index is 0.367. The average molecular weight is 232 g/mol. The molecule has 1 aromatic heterocycles. The van der Waals surface area contributed by atoms with Crippen LogP contribution in [0.4, 0.5) is 0 Å². The van der Waals surface area contributed by atoms with Crippen LogP contribution in [0.15, 0.2) is 24.3 Å². The highest BCUT2D eigenvalue weighted by Gasteiger charge is 2.10. The van der Waals surface area contributed by atoms with E-state index in [1.807, 2.05) is 25.1 Å². The smallest absolute Gasteiger partial charge is 0.322 e. The van der Waals surface area contributed by atoms with Crippen molar-refractivity contribution in [2.75, 3.05) is 6.54 Å². The van der Waals surface area contributed by atoms with Gasteiger partial charge in [-0.25, -0.2) is 0 Å². The van der Waals surface area contributed by atoms with Crippen LogP contribution in [0.1, 0.15) is 16.1 Å². The molecule has 3 N–H and O–H groups in total. The summed E-state index contributed by atoms with van der Waals surface area (Å²) in [6.07, 6.45) is 0. The number of aryl methyl sites for hydroxylation is 1. The molecule has 1 amide bonds. The molecule has 17 heavy (non-hydrogen) atoms. The maximum absolute atomic E-state index is 11.6. The van der Waals surface area contributed by atoms with Gasteiger partial charge in [0.25, 0.3) is 5.91 Å². The van der Waals surface area contributed by atoms with E-state index in [1.54, 1.807) is 6.07 Å². The lowest BCUT2D eigenvalue weighted by atomic mass is 10.2. The van der Waals surface area contributed by atoms with Gasteiger partial charge in [-0.1, -0.05) is 12.1 Å². The SMILES string of the molecule is Cc1ccc2cc(C(=O)NCC(=O)O)[nH]c2c1. The van der Waals surface area contributed by atoms with Crippen molar-refractivity contribution in [3.05, 3.63) is 35.5 Å². The molecular formula is C12H12N2O3. The van der Waals surface area contributed by atoms with Crippen LogP contribution in [0.25, 0.3) is 10.9 Å². The quantitative estimate of drug-likeness (QED) is 0.745. The molecule has 88 valence electrons. The zero-order chi connectivity index (χ0) is 12.4. The molecule has 5 heteroatoms. The summed E-state index contributed by atoms with van der Waals surface area (Å²) >= 11 is 0. The summed E-state index contributed by atoms with van der Waals surface area (Å²) in [7, 11) is 0. The number of hydrogen-bond donors (Lipinski definition) is 3. The van der Waals surface area contributed by atoms with Gasteiger partial charge in [-0.2, -0.15) is 0 Å². The number of amides is 1. The summed E-state index contributed by atoms with van der Waals surface area (Å²) in [5.41, 5.74) is 2.33. The molecule has 0 saturated heterocycles. The van der Waals surface area contributed by atoms with E-state index in [2.05, 4.69) is 10.3 Å². The third-order valence-corrected chi connectivity index (χ3v) is 2.42. The van der Waals surface area contributed by atoms with Gasteiger partial charge in [0.2, 0.25) is 0 Å². The zero-order valence-corrected chi connectivity index (χ0v) is 9.28. The fraction of sp³-hybridized carbons (Fsp3) is 0.167. The lowest BCUT2D eigenvalue weighted by molar-refractivity contribution is -0.135. The van der Waals surface area contributed by atoms with Crippen molar-refractivity contribution >= 4 is 22.8 Å². The fourth-order valence-corrected chi connectivity index (χ4v) is 1.61. The Labute approximate surface area is 97.4 Å². The van der Waals surface area contributed by atoms with Crippen LogP contribution in [-0.4, -0.2) is 28.5 Å². The van der Waals surface area contributed by atoms with Crippen molar-refractivity contribution < 1.29 is 14.7 Å². The lowest BCUT2D eigenvalue weighted by Gasteiger charge is -1.98. The van der Waals surface area contributed by atoms with Crippen LogP contribution in [-0.2, 0) is 4.79 Å². The van der Waals surface area contributed by atoms with E-state index >= 15 is 0 Å². The third kappa shape index (κ3) is 2.44. The third-order valence-electron chi connectivity index (χ3n) is 2.42. The number of nitrogens with one attached hydrogen (secondary N) is 2. The Balaban J connectivity index is 2.24. The number of rotatable bonds is 3. The second-order valence-electron chi connectivity index (χ2n) is 3.85. The Bertz CT molecular complexity index is 586. The first-order chi connectivity index (χ1) is 8.06. The molecule has 0 spiro atoms. The van der Waals surface area contributed by atoms with Crippen LogP contribution in [0.3, 0.4) is 0 Å². The first-order valence-electron chi connectivity index (χ1n) is 5.15. The number of carboxylic acids is 1. The van der Waals surface area contributed by atoms with Crippen LogP contribution in [0, 0.1) is 6.92 Å². The average Bonchev–Trinajstić information content (AvgIpc) is 2.68. The van der Waals surface area contributed by atoms with E-state index in [9.17, 15) is 9.59 Å². The largest absolute Gasteiger partial charge is 0.480 e. The van der Waals surface area contributed by atoms with Crippen molar-refractivity contribution in [3.8, 4) is 0 Å². The second-order valence-corrected chi connectivity index (χ2v) is 3.85. The summed E-state index contributed by atoms with van der Waals surface area (Å²) < 4.78 is 0. The number of H-pyrrole nitrogens is 1. The van der Waals surface area contributed by atoms with Gasteiger partial charge < -0.3 is 15.4 Å². The van der Waals surface area contributed by atoms with E-state index < -0.39 is 11.9 Å². The van der Waals surface area contributed by atoms with E-state index in [0.29, 0.717) is 5.69 Å². The molecule has 0 aliphatic heterocycles. The first-order valence-corrected chi connectivity index (χ1v) is 5.15. The summed E-state index contributed by atoms with van der Waals surface area (Å²) in [6.45, 7) is 1.58. The number of hydrogen-bond acceptors (Lipinski definition) is 2. The highest BCUT2D eigenvalue weighted by atomic mass is 16.4. The summed E-state index contributed by atoms with van der Waals surface area (Å²) in [4.78, 5) is 24.9. The maximum atomic E-state index is 11.6. The zero-order valence-electron chi connectivity index (χ0n) is 9.28. The number of fused-ring (bicyclic) bond motifs is 1. The Hall–Kier alpha value is -2.30. The summed E-state index contributed by atoms with van der Waals surface area (Å²) in [6, 6.07) is 7.50. The van der Waals surface area contributed by atoms with Gasteiger partial charge >= 0.3 is 5.97 Å². The van der Waals surface area contributed by atoms with Gasteiger partial charge in [-0.05, 0) is 24.6 Å². The number of aromatic amines is 1. The van der Waals surface area contributed by atoms with E-state index in [-0.39, 0.29) is 6.54 Å². The molecule has 0 aliphatic rings. The highest BCUT2D eigenvalue weighted by molar-refractivity contribution is 5.99. The maximum Gasteiger partial charge on any atom is 0.322 e. The minimum atomic E-state index is -1.06. The molecule has 0 saturated carbocycles. The topological polar surface area (TPSA) is 82.2 Å². The predicted molar refractivity (Wildman–Crippen MR) is 63.0 cm³/mol. The van der Waals surface area contributed by atoms with Crippen molar-refractivity contribution in [3.63, 3.8) is 0 Å². The van der Waals surface area contributed by atoms with Crippen molar-refractivity contribution in [1.29, 1.82) is 0 Å². The Morgan fingerprint density at radius 1 is 1.35 bits per heavy atom. The second kappa shape index (κ2) is 4.29. The fourth-order valence-electron chi connectivity index (χ4n) is 1.61. The number of carboxylic acid groups (broad SMARTS) is 1. The van der Waals surface area contributed by atoms with Gasteiger partial charge in [0, 0.05) is 10.9 Å². The van der Waals surface area contributed by atoms with Crippen molar-refractivity contribution in [2.45, 2.75) is 6.92 Å². The van der Waals surface area contributed by atoms with Gasteiger partial charge in [0.05, 0.1) is 0 Å². The number of benzene rings is 1. The number of aromatic nitrogens is 1.